The molecule has 1 aromatic heterocycles. The molecule has 28 heavy (non-hydrogen) atoms. The van der Waals surface area contributed by atoms with Gasteiger partial charge in [-0.3, -0.25) is 9.59 Å². The summed E-state index contributed by atoms with van der Waals surface area (Å²) in [6.07, 6.45) is 1.07. The Labute approximate surface area is 167 Å². The molecule has 2 N–H and O–H groups in total. The van der Waals surface area contributed by atoms with Gasteiger partial charge in [-0.05, 0) is 24.1 Å². The van der Waals surface area contributed by atoms with Gasteiger partial charge in [0.1, 0.15) is 5.82 Å². The number of H-pyrrole nitrogens is 1. The lowest BCUT2D eigenvalue weighted by Crippen LogP contribution is -2.31. The first-order valence-electron chi connectivity index (χ1n) is 8.89. The standard InChI is InChI=1S/C19H23N3O5S/c1-5-6-28-19-21-17-15(18(24)22-19)11(9-14(23)20-17)10-7-12(25-2)16(27-4)13(8-10)26-3/h7-8,11H,5-6,9H2,1-4H3,(H2,20,21,22,23,24)/t11-/m1/s1. The number of amides is 1. The summed E-state index contributed by atoms with van der Waals surface area (Å²) in [5, 5.41) is 3.22. The molecule has 0 bridgehead atoms. The second-order valence-electron chi connectivity index (χ2n) is 6.25. The molecule has 2 aromatic rings. The highest BCUT2D eigenvalue weighted by atomic mass is 32.2. The molecule has 0 unspecified atom stereocenters. The predicted molar refractivity (Wildman–Crippen MR) is 107 cm³/mol. The number of anilines is 1. The summed E-state index contributed by atoms with van der Waals surface area (Å²) in [7, 11) is 4.57. The minimum atomic E-state index is -0.473. The van der Waals surface area contributed by atoms with Crippen LogP contribution < -0.4 is 25.1 Å². The fourth-order valence-corrected chi connectivity index (χ4v) is 3.92. The Morgan fingerprint density at radius 1 is 1.14 bits per heavy atom. The van der Waals surface area contributed by atoms with Crippen LogP contribution in [-0.4, -0.2) is 43.0 Å². The van der Waals surface area contributed by atoms with Gasteiger partial charge >= 0.3 is 0 Å². The molecule has 1 aromatic carbocycles. The molecule has 8 nitrogen and oxygen atoms in total. The fourth-order valence-electron chi connectivity index (χ4n) is 3.20. The maximum absolute atomic E-state index is 12.8. The summed E-state index contributed by atoms with van der Waals surface area (Å²) in [4.78, 5) is 32.4. The number of hydrogen-bond acceptors (Lipinski definition) is 7. The highest BCUT2D eigenvalue weighted by molar-refractivity contribution is 7.99. The van der Waals surface area contributed by atoms with Crippen LogP contribution in [0.15, 0.2) is 22.1 Å². The lowest BCUT2D eigenvalue weighted by molar-refractivity contribution is -0.116. The van der Waals surface area contributed by atoms with Crippen molar-refractivity contribution in [1.82, 2.24) is 9.97 Å². The Morgan fingerprint density at radius 3 is 2.39 bits per heavy atom. The van der Waals surface area contributed by atoms with Crippen LogP contribution in [0.5, 0.6) is 17.2 Å². The van der Waals surface area contributed by atoms with Gasteiger partial charge in [0.05, 0.1) is 26.9 Å². The van der Waals surface area contributed by atoms with Crippen molar-refractivity contribution < 1.29 is 19.0 Å². The van der Waals surface area contributed by atoms with E-state index in [1.165, 1.54) is 33.1 Å². The van der Waals surface area contributed by atoms with Gasteiger partial charge in [0.25, 0.3) is 5.56 Å². The first kappa shape index (κ1) is 20.1. The van der Waals surface area contributed by atoms with E-state index in [9.17, 15) is 9.59 Å². The molecule has 1 amide bonds. The van der Waals surface area contributed by atoms with Gasteiger partial charge in [-0.2, -0.15) is 0 Å². The van der Waals surface area contributed by atoms with E-state index in [0.717, 1.165) is 12.2 Å². The van der Waals surface area contributed by atoms with E-state index in [0.29, 0.717) is 39.3 Å². The lowest BCUT2D eigenvalue weighted by Gasteiger charge is -2.25. The van der Waals surface area contributed by atoms with E-state index in [2.05, 4.69) is 15.3 Å². The van der Waals surface area contributed by atoms with Gasteiger partial charge in [0.2, 0.25) is 11.7 Å². The van der Waals surface area contributed by atoms with Crippen LogP contribution in [0.3, 0.4) is 0 Å². The van der Waals surface area contributed by atoms with E-state index in [4.69, 9.17) is 14.2 Å². The van der Waals surface area contributed by atoms with Crippen LogP contribution in [0.1, 0.15) is 36.8 Å². The van der Waals surface area contributed by atoms with Crippen molar-refractivity contribution in [2.75, 3.05) is 32.4 Å². The van der Waals surface area contributed by atoms with Crippen LogP contribution in [0.2, 0.25) is 0 Å². The molecule has 0 radical (unpaired) electrons. The van der Waals surface area contributed by atoms with E-state index in [-0.39, 0.29) is 17.9 Å². The lowest BCUT2D eigenvalue weighted by atomic mass is 9.86. The number of thioether (sulfide) groups is 1. The third-order valence-electron chi connectivity index (χ3n) is 4.46. The van der Waals surface area contributed by atoms with Gasteiger partial charge in [-0.15, -0.1) is 0 Å². The summed E-state index contributed by atoms with van der Waals surface area (Å²) in [6.45, 7) is 2.05. The van der Waals surface area contributed by atoms with Crippen LogP contribution in [0, 0.1) is 0 Å². The first-order chi connectivity index (χ1) is 13.5. The van der Waals surface area contributed by atoms with Gasteiger partial charge < -0.3 is 24.5 Å². The number of carbonyl (C=O) groups excluding carboxylic acids is 1. The van der Waals surface area contributed by atoms with Gasteiger partial charge in [0.15, 0.2) is 16.7 Å². The summed E-state index contributed by atoms with van der Waals surface area (Å²) in [6, 6.07) is 3.52. The van der Waals surface area contributed by atoms with Crippen LogP contribution >= 0.6 is 11.8 Å². The van der Waals surface area contributed by atoms with Crippen molar-refractivity contribution in [3.05, 3.63) is 33.6 Å². The van der Waals surface area contributed by atoms with Crippen LogP contribution in [-0.2, 0) is 4.79 Å². The average molecular weight is 405 g/mol. The summed E-state index contributed by atoms with van der Waals surface area (Å²) in [5.41, 5.74) is 0.879. The largest absolute Gasteiger partial charge is 0.493 e. The number of hydrogen-bond donors (Lipinski definition) is 2. The second-order valence-corrected chi connectivity index (χ2v) is 7.33. The number of aromatic nitrogens is 2. The number of methoxy groups -OCH3 is 3. The van der Waals surface area contributed by atoms with E-state index in [1.807, 2.05) is 6.92 Å². The van der Waals surface area contributed by atoms with E-state index >= 15 is 0 Å². The molecule has 0 aliphatic carbocycles. The molecular formula is C19H23N3O5S. The molecule has 9 heteroatoms. The molecular weight excluding hydrogens is 382 g/mol. The highest BCUT2D eigenvalue weighted by Crippen LogP contribution is 2.43. The smallest absolute Gasteiger partial charge is 0.257 e. The third kappa shape index (κ3) is 3.80. The Morgan fingerprint density at radius 2 is 1.82 bits per heavy atom. The zero-order valence-electron chi connectivity index (χ0n) is 16.3. The molecule has 150 valence electrons. The number of rotatable bonds is 7. The SMILES string of the molecule is CCCSc1nc2c(c(=O)[nH]1)[C@@H](c1cc(OC)c(OC)c(OC)c1)CC(=O)N2. The van der Waals surface area contributed by atoms with Gasteiger partial charge in [-0.25, -0.2) is 4.98 Å². The maximum atomic E-state index is 12.8. The van der Waals surface area contributed by atoms with Crippen molar-refractivity contribution in [1.29, 1.82) is 0 Å². The zero-order valence-corrected chi connectivity index (χ0v) is 17.1. The Hall–Kier alpha value is -2.68. The molecule has 1 aliphatic rings. The van der Waals surface area contributed by atoms with Crippen molar-refractivity contribution in [2.24, 2.45) is 0 Å². The Balaban J connectivity index is 2.12. The summed E-state index contributed by atoms with van der Waals surface area (Å²) < 4.78 is 16.2. The molecule has 1 atom stereocenters. The maximum Gasteiger partial charge on any atom is 0.257 e. The number of fused-ring (bicyclic) bond motifs is 1. The van der Waals surface area contributed by atoms with Crippen molar-refractivity contribution in [2.45, 2.75) is 30.8 Å². The molecule has 3 rings (SSSR count). The summed E-state index contributed by atoms with van der Waals surface area (Å²) >= 11 is 1.45. The quantitative estimate of drug-likeness (QED) is 0.539. The molecule has 1 aliphatic heterocycles. The minimum Gasteiger partial charge on any atom is -0.493 e. The fraction of sp³-hybridized carbons (Fsp3) is 0.421. The normalized spacial score (nSPS) is 15.6. The molecule has 0 saturated heterocycles. The number of nitrogens with one attached hydrogen (secondary N) is 2. The number of benzene rings is 1. The minimum absolute atomic E-state index is 0.123. The van der Waals surface area contributed by atoms with Crippen LogP contribution in [0.4, 0.5) is 5.82 Å². The molecule has 0 saturated carbocycles. The average Bonchev–Trinajstić information content (AvgIpc) is 2.69. The number of carbonyl (C=O) groups is 1. The van der Waals surface area contributed by atoms with E-state index < -0.39 is 5.92 Å². The van der Waals surface area contributed by atoms with Gasteiger partial charge in [0, 0.05) is 18.1 Å². The van der Waals surface area contributed by atoms with Crippen LogP contribution in [0.25, 0.3) is 0 Å². The van der Waals surface area contributed by atoms with Gasteiger partial charge in [-0.1, -0.05) is 18.7 Å². The number of nitrogens with zero attached hydrogens (tertiary/aromatic N) is 1. The van der Waals surface area contributed by atoms with Crippen molar-refractivity contribution in [3.8, 4) is 17.2 Å². The highest BCUT2D eigenvalue weighted by Gasteiger charge is 2.32. The Kier molecular flexibility index (Phi) is 6.13. The molecule has 0 spiro atoms. The molecule has 2 heterocycles. The summed E-state index contributed by atoms with van der Waals surface area (Å²) in [5.74, 6) is 1.83. The third-order valence-corrected chi connectivity index (χ3v) is 5.54. The zero-order chi connectivity index (χ0) is 20.3. The first-order valence-corrected chi connectivity index (χ1v) is 9.87. The number of aromatic amines is 1. The second kappa shape index (κ2) is 8.55. The molecule has 0 fully saturated rings. The number of ether oxygens (including phenoxy) is 3. The Bertz CT molecular complexity index is 919. The monoisotopic (exact) mass is 405 g/mol. The van der Waals surface area contributed by atoms with E-state index in [1.54, 1.807) is 12.1 Å². The van der Waals surface area contributed by atoms with Crippen molar-refractivity contribution >= 4 is 23.5 Å². The topological polar surface area (TPSA) is 103 Å². The predicted octanol–water partition coefficient (Wildman–Crippen LogP) is 2.77. The van der Waals surface area contributed by atoms with Crippen molar-refractivity contribution in [3.63, 3.8) is 0 Å².